The van der Waals surface area contributed by atoms with E-state index in [4.69, 9.17) is 0 Å². The minimum absolute atomic E-state index is 0.0402. The summed E-state index contributed by atoms with van der Waals surface area (Å²) in [6, 6.07) is 16.2. The Bertz CT molecular complexity index is 979. The molecule has 0 saturated heterocycles. The zero-order chi connectivity index (χ0) is 17.9. The Kier molecular flexibility index (Phi) is 4.96. The van der Waals surface area contributed by atoms with Gasteiger partial charge in [-0.25, -0.2) is 8.42 Å². The largest absolute Gasteiger partial charge is 0.319 e. The van der Waals surface area contributed by atoms with Crippen molar-refractivity contribution in [1.82, 2.24) is 4.37 Å². The van der Waals surface area contributed by atoms with E-state index < -0.39 is 9.84 Å². The van der Waals surface area contributed by atoms with Crippen LogP contribution in [0.15, 0.2) is 60.0 Å². The zero-order valence-electron chi connectivity index (χ0n) is 13.5. The van der Waals surface area contributed by atoms with Gasteiger partial charge in [0.25, 0.3) is 5.91 Å². The van der Waals surface area contributed by atoms with Gasteiger partial charge in [0.15, 0.2) is 9.84 Å². The SMILES string of the molecule is CS(=O)(=O)Cc1ccc(C(=O)Nc2csnc2-c2ccccc2)cc1. The lowest BCUT2D eigenvalue weighted by molar-refractivity contribution is 0.102. The van der Waals surface area contributed by atoms with Crippen LogP contribution in [-0.2, 0) is 15.6 Å². The summed E-state index contributed by atoms with van der Waals surface area (Å²) >= 11 is 1.28. The first kappa shape index (κ1) is 17.3. The molecule has 3 rings (SSSR count). The average molecular weight is 372 g/mol. The fourth-order valence-electron chi connectivity index (χ4n) is 2.38. The molecule has 0 unspecified atom stereocenters. The molecule has 0 aliphatic carbocycles. The van der Waals surface area contributed by atoms with E-state index in [9.17, 15) is 13.2 Å². The van der Waals surface area contributed by atoms with Crippen molar-refractivity contribution in [3.8, 4) is 11.3 Å². The van der Waals surface area contributed by atoms with E-state index in [1.165, 1.54) is 17.8 Å². The van der Waals surface area contributed by atoms with E-state index in [2.05, 4.69) is 9.69 Å². The number of nitrogens with zero attached hydrogens (tertiary/aromatic N) is 1. The fraction of sp³-hybridized carbons (Fsp3) is 0.111. The Morgan fingerprint density at radius 2 is 1.76 bits per heavy atom. The van der Waals surface area contributed by atoms with Gasteiger partial charge in [-0.2, -0.15) is 4.37 Å². The highest BCUT2D eigenvalue weighted by Crippen LogP contribution is 2.28. The van der Waals surface area contributed by atoms with E-state index in [1.54, 1.807) is 29.6 Å². The standard InChI is InChI=1S/C18H16N2O3S2/c1-25(22,23)12-13-7-9-15(10-8-13)18(21)19-16-11-24-20-17(16)14-5-3-2-4-6-14/h2-11H,12H2,1H3,(H,19,21). The molecule has 128 valence electrons. The quantitative estimate of drug-likeness (QED) is 0.742. The molecule has 0 bridgehead atoms. The molecule has 0 saturated carbocycles. The molecule has 0 spiro atoms. The number of amides is 1. The van der Waals surface area contributed by atoms with E-state index in [-0.39, 0.29) is 11.7 Å². The van der Waals surface area contributed by atoms with E-state index in [1.807, 2.05) is 30.3 Å². The summed E-state index contributed by atoms with van der Waals surface area (Å²) < 4.78 is 27.0. The van der Waals surface area contributed by atoms with Crippen molar-refractivity contribution in [3.05, 3.63) is 71.1 Å². The summed E-state index contributed by atoms with van der Waals surface area (Å²) in [6.45, 7) is 0. The van der Waals surface area contributed by atoms with Crippen LogP contribution in [0.25, 0.3) is 11.3 Å². The maximum Gasteiger partial charge on any atom is 0.255 e. The third kappa shape index (κ3) is 4.52. The normalized spacial score (nSPS) is 11.2. The molecule has 3 aromatic rings. The number of aromatic nitrogens is 1. The van der Waals surface area contributed by atoms with Crippen molar-refractivity contribution in [2.75, 3.05) is 11.6 Å². The summed E-state index contributed by atoms with van der Waals surface area (Å²) in [4.78, 5) is 12.4. The number of rotatable bonds is 5. The van der Waals surface area contributed by atoms with Gasteiger partial charge in [-0.1, -0.05) is 42.5 Å². The summed E-state index contributed by atoms with van der Waals surface area (Å²) in [5, 5.41) is 4.65. The molecule has 2 aromatic carbocycles. The van der Waals surface area contributed by atoms with Crippen molar-refractivity contribution in [1.29, 1.82) is 0 Å². The number of benzene rings is 2. The summed E-state index contributed by atoms with van der Waals surface area (Å²) in [5.41, 5.74) is 3.43. The molecule has 1 aromatic heterocycles. The zero-order valence-corrected chi connectivity index (χ0v) is 15.1. The maximum atomic E-state index is 12.4. The van der Waals surface area contributed by atoms with Crippen molar-refractivity contribution in [3.63, 3.8) is 0 Å². The number of carbonyl (C=O) groups excluding carboxylic acids is 1. The molecule has 1 heterocycles. The third-order valence-corrected chi connectivity index (χ3v) is 5.00. The van der Waals surface area contributed by atoms with Gasteiger partial charge in [0.2, 0.25) is 0 Å². The highest BCUT2D eigenvalue weighted by atomic mass is 32.2. The van der Waals surface area contributed by atoms with Crippen LogP contribution < -0.4 is 5.32 Å². The Hall–Kier alpha value is -2.51. The van der Waals surface area contributed by atoms with Crippen LogP contribution in [0.5, 0.6) is 0 Å². The smallest absolute Gasteiger partial charge is 0.255 e. The van der Waals surface area contributed by atoms with Crippen LogP contribution in [0.3, 0.4) is 0 Å². The predicted molar refractivity (Wildman–Crippen MR) is 100 cm³/mol. The highest BCUT2D eigenvalue weighted by molar-refractivity contribution is 7.89. The van der Waals surface area contributed by atoms with Crippen LogP contribution in [0.2, 0.25) is 0 Å². The molecule has 25 heavy (non-hydrogen) atoms. The van der Waals surface area contributed by atoms with Gasteiger partial charge >= 0.3 is 0 Å². The van der Waals surface area contributed by atoms with Gasteiger partial charge in [0.05, 0.1) is 11.4 Å². The Labute approximate surface area is 150 Å². The first-order valence-corrected chi connectivity index (χ1v) is 10.4. The van der Waals surface area contributed by atoms with Crippen LogP contribution in [0, 0.1) is 0 Å². The number of hydrogen-bond acceptors (Lipinski definition) is 5. The van der Waals surface area contributed by atoms with E-state index in [0.29, 0.717) is 16.8 Å². The topological polar surface area (TPSA) is 76.1 Å². The second-order valence-corrected chi connectivity index (χ2v) is 8.43. The second kappa shape index (κ2) is 7.16. The van der Waals surface area contributed by atoms with Crippen molar-refractivity contribution in [2.24, 2.45) is 0 Å². The monoisotopic (exact) mass is 372 g/mol. The van der Waals surface area contributed by atoms with Gasteiger partial charge in [-0.15, -0.1) is 0 Å². The third-order valence-electron chi connectivity index (χ3n) is 3.51. The minimum Gasteiger partial charge on any atom is -0.319 e. The van der Waals surface area contributed by atoms with E-state index in [0.717, 1.165) is 11.3 Å². The first-order valence-electron chi connectivity index (χ1n) is 7.50. The van der Waals surface area contributed by atoms with Crippen LogP contribution >= 0.6 is 11.5 Å². The van der Waals surface area contributed by atoms with Crippen LogP contribution in [0.4, 0.5) is 5.69 Å². The molecule has 5 nitrogen and oxygen atoms in total. The van der Waals surface area contributed by atoms with Crippen molar-refractivity contribution >= 4 is 33.0 Å². The summed E-state index contributed by atoms with van der Waals surface area (Å²) in [7, 11) is -3.09. The van der Waals surface area contributed by atoms with Crippen molar-refractivity contribution in [2.45, 2.75) is 5.75 Å². The van der Waals surface area contributed by atoms with Gasteiger partial charge in [0, 0.05) is 22.8 Å². The average Bonchev–Trinajstić information content (AvgIpc) is 3.03. The van der Waals surface area contributed by atoms with Gasteiger partial charge < -0.3 is 5.32 Å². The summed E-state index contributed by atoms with van der Waals surface area (Å²) in [6.07, 6.45) is 1.18. The molecule has 0 radical (unpaired) electrons. The molecule has 1 N–H and O–H groups in total. The lowest BCUT2D eigenvalue weighted by Gasteiger charge is -2.07. The molecule has 0 fully saturated rings. The number of carbonyl (C=O) groups is 1. The number of sulfone groups is 1. The second-order valence-electron chi connectivity index (χ2n) is 5.66. The Morgan fingerprint density at radius 1 is 1.08 bits per heavy atom. The van der Waals surface area contributed by atoms with Crippen LogP contribution in [0.1, 0.15) is 15.9 Å². The number of hydrogen-bond donors (Lipinski definition) is 1. The predicted octanol–water partition coefficient (Wildman–Crippen LogP) is 3.61. The maximum absolute atomic E-state index is 12.4. The summed E-state index contributed by atoms with van der Waals surface area (Å²) in [5.74, 6) is -0.301. The molecule has 0 atom stereocenters. The van der Waals surface area contributed by atoms with E-state index >= 15 is 0 Å². The number of anilines is 1. The van der Waals surface area contributed by atoms with Gasteiger partial charge in [-0.3, -0.25) is 4.79 Å². The van der Waals surface area contributed by atoms with Crippen molar-refractivity contribution < 1.29 is 13.2 Å². The van der Waals surface area contributed by atoms with Crippen LogP contribution in [-0.4, -0.2) is 25.0 Å². The first-order chi connectivity index (χ1) is 11.9. The lowest BCUT2D eigenvalue weighted by atomic mass is 10.1. The molecular formula is C18H16N2O3S2. The minimum atomic E-state index is -3.09. The highest BCUT2D eigenvalue weighted by Gasteiger charge is 2.13. The molecule has 0 aliphatic heterocycles. The molecular weight excluding hydrogens is 356 g/mol. The Balaban J connectivity index is 1.76. The van der Waals surface area contributed by atoms with Gasteiger partial charge in [0.1, 0.15) is 5.69 Å². The Morgan fingerprint density at radius 3 is 2.40 bits per heavy atom. The molecule has 0 aliphatic rings. The number of nitrogens with one attached hydrogen (secondary N) is 1. The lowest BCUT2D eigenvalue weighted by Crippen LogP contribution is -2.12. The fourth-order valence-corrected chi connectivity index (χ4v) is 3.82. The molecule has 1 amide bonds. The molecule has 7 heteroatoms. The van der Waals surface area contributed by atoms with Gasteiger partial charge in [-0.05, 0) is 29.2 Å².